The summed E-state index contributed by atoms with van der Waals surface area (Å²) < 4.78 is 0. The molecular weight excluding hydrogens is 428 g/mol. The molecule has 0 unspecified atom stereocenters. The Balaban J connectivity index is 2.03. The number of amides is 2. The monoisotopic (exact) mass is 442 g/mol. The predicted molar refractivity (Wildman–Crippen MR) is 114 cm³/mol. The van der Waals surface area contributed by atoms with Gasteiger partial charge in [0.2, 0.25) is 5.91 Å². The Morgan fingerprint density at radius 1 is 1.33 bits per heavy atom. The molecule has 1 saturated heterocycles. The fraction of sp³-hybridized carbons (Fsp3) is 0.150. The van der Waals surface area contributed by atoms with Gasteiger partial charge >= 0.3 is 0 Å². The molecule has 3 rings (SSSR count). The van der Waals surface area contributed by atoms with Crippen LogP contribution >= 0.6 is 23.4 Å². The number of nitrogens with one attached hydrogen (secondary N) is 1. The number of non-ortho nitro benzene ring substituents is 1. The second-order valence-electron chi connectivity index (χ2n) is 6.26. The van der Waals surface area contributed by atoms with Crippen molar-refractivity contribution in [1.29, 1.82) is 5.26 Å². The van der Waals surface area contributed by atoms with Gasteiger partial charge in [0.25, 0.3) is 11.6 Å². The van der Waals surface area contributed by atoms with Gasteiger partial charge in [-0.3, -0.25) is 24.6 Å². The molecule has 0 aliphatic carbocycles. The normalized spacial score (nSPS) is 17.4. The Morgan fingerprint density at radius 3 is 2.63 bits per heavy atom. The molecule has 10 heteroatoms. The van der Waals surface area contributed by atoms with Crippen molar-refractivity contribution in [2.24, 2.45) is 0 Å². The molecule has 152 valence electrons. The van der Waals surface area contributed by atoms with Crippen LogP contribution in [0.5, 0.6) is 0 Å². The number of carbonyl (C=O) groups is 2. The molecule has 0 spiro atoms. The van der Waals surface area contributed by atoms with Crippen molar-refractivity contribution < 1.29 is 14.5 Å². The largest absolute Gasteiger partial charge is 0.354 e. The van der Waals surface area contributed by atoms with E-state index in [4.69, 9.17) is 11.6 Å². The van der Waals surface area contributed by atoms with Gasteiger partial charge in [-0.2, -0.15) is 5.26 Å². The number of anilines is 1. The Hall–Kier alpha value is -3.35. The maximum absolute atomic E-state index is 13.2. The van der Waals surface area contributed by atoms with Crippen molar-refractivity contribution in [2.75, 3.05) is 11.9 Å². The number of hydrogen-bond donors (Lipinski definition) is 1. The highest BCUT2D eigenvalue weighted by Gasteiger charge is 2.40. The van der Waals surface area contributed by atoms with Crippen LogP contribution in [0.2, 0.25) is 5.02 Å². The van der Waals surface area contributed by atoms with Crippen molar-refractivity contribution >= 4 is 46.6 Å². The molecule has 0 aromatic heterocycles. The molecule has 2 aromatic rings. The van der Waals surface area contributed by atoms with Gasteiger partial charge in [0.15, 0.2) is 0 Å². The lowest BCUT2D eigenvalue weighted by Crippen LogP contribution is -2.31. The van der Waals surface area contributed by atoms with Gasteiger partial charge in [0, 0.05) is 29.9 Å². The van der Waals surface area contributed by atoms with Gasteiger partial charge in [0.05, 0.1) is 10.2 Å². The van der Waals surface area contributed by atoms with E-state index >= 15 is 0 Å². The fourth-order valence-corrected chi connectivity index (χ4v) is 4.38. The van der Waals surface area contributed by atoms with Crippen molar-refractivity contribution in [3.8, 4) is 6.07 Å². The standard InChI is InChI=1S/C20H15ClN4O4S/c1-23-18(26)16(11-22)20-24(14-7-5-13(21)6-8-14)19(27)17(30-20)10-12-3-2-4-15(9-12)25(28)29/h2-9,17H,10H2,1H3,(H,23,26)/b20-16-/t17-/m0/s1. The summed E-state index contributed by atoms with van der Waals surface area (Å²) in [7, 11) is 1.40. The molecule has 2 amide bonds. The van der Waals surface area contributed by atoms with E-state index in [-0.39, 0.29) is 28.6 Å². The number of nitriles is 1. The summed E-state index contributed by atoms with van der Waals surface area (Å²) in [5.41, 5.74) is 0.805. The number of halogens is 1. The second kappa shape index (κ2) is 8.98. The quantitative estimate of drug-likeness (QED) is 0.328. The van der Waals surface area contributed by atoms with Crippen molar-refractivity contribution in [1.82, 2.24) is 5.32 Å². The third-order valence-corrected chi connectivity index (χ3v) is 5.87. The molecule has 1 heterocycles. The van der Waals surface area contributed by atoms with Crippen molar-refractivity contribution in [3.63, 3.8) is 0 Å². The Morgan fingerprint density at radius 2 is 2.03 bits per heavy atom. The van der Waals surface area contributed by atoms with Gasteiger partial charge in [-0.15, -0.1) is 0 Å². The third-order valence-electron chi connectivity index (χ3n) is 4.36. The third kappa shape index (κ3) is 4.30. The second-order valence-corrected chi connectivity index (χ2v) is 7.89. The van der Waals surface area contributed by atoms with Crippen molar-refractivity contribution in [3.05, 3.63) is 79.8 Å². The topological polar surface area (TPSA) is 116 Å². The first-order chi connectivity index (χ1) is 14.3. The average Bonchev–Trinajstić information content (AvgIpc) is 3.05. The molecule has 0 saturated carbocycles. The first-order valence-corrected chi connectivity index (χ1v) is 9.97. The lowest BCUT2D eigenvalue weighted by atomic mass is 10.1. The average molecular weight is 443 g/mol. The number of likely N-dealkylation sites (N-methyl/N-ethyl adjacent to an activating group) is 1. The molecule has 1 aliphatic heterocycles. The molecule has 30 heavy (non-hydrogen) atoms. The summed E-state index contributed by atoms with van der Waals surface area (Å²) in [5.74, 6) is -0.941. The maximum Gasteiger partial charge on any atom is 0.269 e. The van der Waals surface area contributed by atoms with E-state index in [0.29, 0.717) is 16.3 Å². The van der Waals surface area contributed by atoms with Crippen molar-refractivity contribution in [2.45, 2.75) is 11.7 Å². The van der Waals surface area contributed by atoms with E-state index in [0.717, 1.165) is 11.8 Å². The van der Waals surface area contributed by atoms with E-state index in [1.54, 1.807) is 36.4 Å². The molecular formula is C20H15ClN4O4S. The summed E-state index contributed by atoms with van der Waals surface area (Å²) in [5, 5.41) is 23.0. The number of hydrogen-bond acceptors (Lipinski definition) is 6. The number of benzene rings is 2. The summed E-state index contributed by atoms with van der Waals surface area (Å²) in [6.07, 6.45) is 0.200. The Kier molecular flexibility index (Phi) is 6.40. The first kappa shape index (κ1) is 21.4. The van der Waals surface area contributed by atoms with E-state index in [2.05, 4.69) is 5.32 Å². The Labute approximate surface area is 181 Å². The molecule has 0 radical (unpaired) electrons. The van der Waals surface area contributed by atoms with Gasteiger partial charge in [-0.25, -0.2) is 0 Å². The molecule has 8 nitrogen and oxygen atoms in total. The highest BCUT2D eigenvalue weighted by atomic mass is 35.5. The van der Waals surface area contributed by atoms with E-state index < -0.39 is 16.1 Å². The highest BCUT2D eigenvalue weighted by Crippen LogP contribution is 2.42. The summed E-state index contributed by atoms with van der Waals surface area (Å²) in [4.78, 5) is 37.3. The van der Waals surface area contributed by atoms with Crippen LogP contribution in [0.4, 0.5) is 11.4 Å². The van der Waals surface area contributed by atoms with Crippen LogP contribution < -0.4 is 10.2 Å². The maximum atomic E-state index is 13.2. The number of nitrogens with zero attached hydrogens (tertiary/aromatic N) is 3. The van der Waals surface area contributed by atoms with E-state index in [1.165, 1.54) is 24.1 Å². The number of rotatable bonds is 5. The van der Waals surface area contributed by atoms with Crippen LogP contribution in [0, 0.1) is 21.4 Å². The molecule has 1 fully saturated rings. The van der Waals surface area contributed by atoms with E-state index in [1.807, 2.05) is 6.07 Å². The summed E-state index contributed by atoms with van der Waals surface area (Å²) in [6, 6.07) is 14.3. The zero-order chi connectivity index (χ0) is 21.8. The van der Waals surface area contributed by atoms with Crippen LogP contribution in [0.15, 0.2) is 59.1 Å². The Bertz CT molecular complexity index is 1090. The molecule has 1 N–H and O–H groups in total. The fourth-order valence-electron chi connectivity index (χ4n) is 2.95. The number of nitro groups is 1. The minimum atomic E-state index is -0.661. The first-order valence-electron chi connectivity index (χ1n) is 8.71. The zero-order valence-corrected chi connectivity index (χ0v) is 17.2. The number of nitro benzene ring substituents is 1. The molecule has 1 aliphatic rings. The van der Waals surface area contributed by atoms with Gasteiger partial charge < -0.3 is 5.32 Å². The zero-order valence-electron chi connectivity index (χ0n) is 15.7. The van der Waals surface area contributed by atoms with Gasteiger partial charge in [0.1, 0.15) is 16.7 Å². The van der Waals surface area contributed by atoms with Crippen LogP contribution in [-0.2, 0) is 16.0 Å². The predicted octanol–water partition coefficient (Wildman–Crippen LogP) is 3.42. The molecule has 2 aromatic carbocycles. The molecule has 0 bridgehead atoms. The van der Waals surface area contributed by atoms with Crippen LogP contribution in [0.25, 0.3) is 0 Å². The SMILES string of the molecule is CNC(=O)/C(C#N)=C1\S[C@@H](Cc2cccc([N+](=O)[O-])c2)C(=O)N1c1ccc(Cl)cc1. The summed E-state index contributed by atoms with van der Waals surface area (Å²) >= 11 is 7.02. The lowest BCUT2D eigenvalue weighted by molar-refractivity contribution is -0.384. The lowest BCUT2D eigenvalue weighted by Gasteiger charge is -2.18. The number of thioether (sulfide) groups is 1. The minimum Gasteiger partial charge on any atom is -0.354 e. The number of carbonyl (C=O) groups excluding carboxylic acids is 2. The van der Waals surface area contributed by atoms with Gasteiger partial charge in [-0.05, 0) is 36.2 Å². The van der Waals surface area contributed by atoms with E-state index in [9.17, 15) is 25.0 Å². The highest BCUT2D eigenvalue weighted by molar-refractivity contribution is 8.05. The summed E-state index contributed by atoms with van der Waals surface area (Å²) in [6.45, 7) is 0. The smallest absolute Gasteiger partial charge is 0.269 e. The van der Waals surface area contributed by atoms with Crippen LogP contribution in [0.3, 0.4) is 0 Å². The van der Waals surface area contributed by atoms with Crippen LogP contribution in [0.1, 0.15) is 5.56 Å². The van der Waals surface area contributed by atoms with Gasteiger partial charge in [-0.1, -0.05) is 35.5 Å². The molecule has 1 atom stereocenters. The minimum absolute atomic E-state index is 0.0728. The van der Waals surface area contributed by atoms with Crippen LogP contribution in [-0.4, -0.2) is 29.0 Å².